The Balaban J connectivity index is 2.33. The summed E-state index contributed by atoms with van der Waals surface area (Å²) in [6.07, 6.45) is 0.781. The summed E-state index contributed by atoms with van der Waals surface area (Å²) >= 11 is 7.49. The van der Waals surface area contributed by atoms with Crippen molar-refractivity contribution in [2.24, 2.45) is 0 Å². The molecule has 8 heteroatoms. The summed E-state index contributed by atoms with van der Waals surface area (Å²) < 4.78 is 28.8. The third-order valence-electron chi connectivity index (χ3n) is 3.39. The number of halogens is 1. The number of thioether (sulfide) groups is 1. The molecule has 0 aromatic carbocycles. The van der Waals surface area contributed by atoms with Crippen LogP contribution in [-0.4, -0.2) is 53.0 Å². The van der Waals surface area contributed by atoms with E-state index in [1.165, 1.54) is 0 Å². The van der Waals surface area contributed by atoms with E-state index in [1.807, 2.05) is 6.92 Å². The van der Waals surface area contributed by atoms with Crippen LogP contribution >= 0.6 is 23.4 Å². The highest BCUT2D eigenvalue weighted by atomic mass is 35.5. The molecule has 0 radical (unpaired) electrons. The Bertz CT molecular complexity index is 566. The molecule has 1 aliphatic rings. The number of alkyl halides is 1. The highest BCUT2D eigenvalue weighted by molar-refractivity contribution is 7.99. The van der Waals surface area contributed by atoms with E-state index in [0.29, 0.717) is 41.8 Å². The molecule has 0 N–H and O–H groups in total. The molecule has 0 spiro atoms. The lowest BCUT2D eigenvalue weighted by atomic mass is 10.4. The van der Waals surface area contributed by atoms with Crippen LogP contribution in [0.3, 0.4) is 0 Å². The first-order valence-electron chi connectivity index (χ1n) is 6.66. The minimum atomic E-state index is -3.42. The van der Waals surface area contributed by atoms with Gasteiger partial charge in [0.2, 0.25) is 10.0 Å². The van der Waals surface area contributed by atoms with Crippen LogP contribution in [0, 0.1) is 13.8 Å². The van der Waals surface area contributed by atoms with Crippen molar-refractivity contribution < 1.29 is 8.42 Å². The van der Waals surface area contributed by atoms with Gasteiger partial charge in [-0.2, -0.15) is 21.2 Å². The SMILES string of the molecule is Cc1nn(CCCCl)c(C)c1S(=O)(=O)N1CCSCC1. The Kier molecular flexibility index (Phi) is 5.39. The quantitative estimate of drug-likeness (QED) is 0.770. The van der Waals surface area contributed by atoms with Crippen LogP contribution in [-0.2, 0) is 16.6 Å². The Morgan fingerprint density at radius 1 is 1.30 bits per heavy atom. The normalized spacial score (nSPS) is 17.6. The standard InChI is InChI=1S/C12H20ClN3O2S2/c1-10-12(11(2)16(14-10)5-3-4-13)20(17,18)15-6-8-19-9-7-15/h3-9H2,1-2H3. The van der Waals surface area contributed by atoms with Crippen molar-refractivity contribution >= 4 is 33.4 Å². The van der Waals surface area contributed by atoms with Crippen LogP contribution in [0.2, 0.25) is 0 Å². The third kappa shape index (κ3) is 3.16. The minimum Gasteiger partial charge on any atom is -0.268 e. The van der Waals surface area contributed by atoms with Crippen molar-refractivity contribution in [2.45, 2.75) is 31.7 Å². The van der Waals surface area contributed by atoms with Crippen molar-refractivity contribution in [3.05, 3.63) is 11.4 Å². The van der Waals surface area contributed by atoms with Gasteiger partial charge in [-0.25, -0.2) is 8.42 Å². The van der Waals surface area contributed by atoms with E-state index in [2.05, 4.69) is 5.10 Å². The molecule has 5 nitrogen and oxygen atoms in total. The molecule has 1 aromatic rings. The lowest BCUT2D eigenvalue weighted by molar-refractivity contribution is 0.442. The largest absolute Gasteiger partial charge is 0.268 e. The molecule has 20 heavy (non-hydrogen) atoms. The summed E-state index contributed by atoms with van der Waals surface area (Å²) in [4.78, 5) is 0.374. The summed E-state index contributed by atoms with van der Waals surface area (Å²) in [6.45, 7) is 5.40. The maximum Gasteiger partial charge on any atom is 0.246 e. The average molecular weight is 338 g/mol. The molecule has 2 rings (SSSR count). The highest BCUT2D eigenvalue weighted by Crippen LogP contribution is 2.25. The molecule has 0 aliphatic carbocycles. The fourth-order valence-electron chi connectivity index (χ4n) is 2.40. The first kappa shape index (κ1) is 16.1. The fourth-order valence-corrected chi connectivity index (χ4v) is 5.47. The summed E-state index contributed by atoms with van der Waals surface area (Å²) in [6, 6.07) is 0. The van der Waals surface area contributed by atoms with E-state index in [9.17, 15) is 8.42 Å². The molecule has 0 atom stereocenters. The number of nitrogens with zero attached hydrogens (tertiary/aromatic N) is 3. The first-order valence-corrected chi connectivity index (χ1v) is 9.79. The van der Waals surface area contributed by atoms with Crippen LogP contribution in [0.15, 0.2) is 4.90 Å². The summed E-state index contributed by atoms with van der Waals surface area (Å²) in [5.41, 5.74) is 1.29. The molecular weight excluding hydrogens is 318 g/mol. The predicted molar refractivity (Wildman–Crippen MR) is 83.1 cm³/mol. The van der Waals surface area contributed by atoms with Crippen molar-refractivity contribution in [3.63, 3.8) is 0 Å². The van der Waals surface area contributed by atoms with Crippen LogP contribution < -0.4 is 0 Å². The van der Waals surface area contributed by atoms with E-state index in [1.54, 1.807) is 27.7 Å². The Morgan fingerprint density at radius 3 is 2.55 bits per heavy atom. The van der Waals surface area contributed by atoms with Crippen molar-refractivity contribution in [1.29, 1.82) is 0 Å². The van der Waals surface area contributed by atoms with Gasteiger partial charge in [-0.05, 0) is 20.3 Å². The summed E-state index contributed by atoms with van der Waals surface area (Å²) in [5.74, 6) is 2.26. The van der Waals surface area contributed by atoms with Gasteiger partial charge in [-0.1, -0.05) is 0 Å². The van der Waals surface area contributed by atoms with Gasteiger partial charge in [-0.15, -0.1) is 11.6 Å². The van der Waals surface area contributed by atoms with Gasteiger partial charge in [0, 0.05) is 37.0 Å². The van der Waals surface area contributed by atoms with Crippen molar-refractivity contribution in [2.75, 3.05) is 30.5 Å². The zero-order valence-corrected chi connectivity index (χ0v) is 14.2. The number of sulfonamides is 1. The summed E-state index contributed by atoms with van der Waals surface area (Å²) in [5, 5.41) is 4.36. The van der Waals surface area contributed by atoms with Gasteiger partial charge >= 0.3 is 0 Å². The zero-order chi connectivity index (χ0) is 14.8. The molecule has 1 fully saturated rings. The van der Waals surface area contributed by atoms with Gasteiger partial charge in [0.05, 0.1) is 11.4 Å². The van der Waals surface area contributed by atoms with E-state index in [-0.39, 0.29) is 0 Å². The van der Waals surface area contributed by atoms with Crippen molar-refractivity contribution in [1.82, 2.24) is 14.1 Å². The third-order valence-corrected chi connectivity index (χ3v) is 6.75. The predicted octanol–water partition coefficient (Wildman–Crippen LogP) is 1.87. The molecule has 0 unspecified atom stereocenters. The van der Waals surface area contributed by atoms with E-state index >= 15 is 0 Å². The zero-order valence-electron chi connectivity index (χ0n) is 11.8. The molecule has 0 amide bonds. The lowest BCUT2D eigenvalue weighted by Crippen LogP contribution is -2.38. The molecule has 114 valence electrons. The maximum atomic E-state index is 12.8. The molecule has 0 bridgehead atoms. The van der Waals surface area contributed by atoms with Gasteiger partial charge in [0.25, 0.3) is 0 Å². The molecule has 1 aliphatic heterocycles. The molecule has 0 saturated carbocycles. The van der Waals surface area contributed by atoms with Gasteiger partial charge < -0.3 is 0 Å². The molecule has 2 heterocycles. The smallest absolute Gasteiger partial charge is 0.246 e. The van der Waals surface area contributed by atoms with Gasteiger partial charge in [0.1, 0.15) is 4.90 Å². The first-order chi connectivity index (χ1) is 9.48. The second kappa shape index (κ2) is 6.68. The Labute approximate surface area is 129 Å². The average Bonchev–Trinajstić information content (AvgIpc) is 2.72. The Hall–Kier alpha value is -0.240. The number of hydrogen-bond acceptors (Lipinski definition) is 4. The second-order valence-corrected chi connectivity index (χ2v) is 8.26. The second-order valence-electron chi connectivity index (χ2n) is 4.78. The molecular formula is C12H20ClN3O2S2. The Morgan fingerprint density at radius 2 is 1.95 bits per heavy atom. The monoisotopic (exact) mass is 337 g/mol. The van der Waals surface area contributed by atoms with Crippen LogP contribution in [0.25, 0.3) is 0 Å². The molecule has 1 saturated heterocycles. The highest BCUT2D eigenvalue weighted by Gasteiger charge is 2.31. The van der Waals surface area contributed by atoms with Crippen LogP contribution in [0.1, 0.15) is 17.8 Å². The van der Waals surface area contributed by atoms with Crippen LogP contribution in [0.5, 0.6) is 0 Å². The van der Waals surface area contributed by atoms with Crippen molar-refractivity contribution in [3.8, 4) is 0 Å². The minimum absolute atomic E-state index is 0.374. The topological polar surface area (TPSA) is 55.2 Å². The van der Waals surface area contributed by atoms with E-state index in [0.717, 1.165) is 17.9 Å². The van der Waals surface area contributed by atoms with E-state index in [4.69, 9.17) is 11.6 Å². The number of aryl methyl sites for hydroxylation is 2. The molecule has 1 aromatic heterocycles. The van der Waals surface area contributed by atoms with Gasteiger partial charge in [-0.3, -0.25) is 4.68 Å². The number of rotatable bonds is 5. The number of aromatic nitrogens is 2. The van der Waals surface area contributed by atoms with Gasteiger partial charge in [0.15, 0.2) is 0 Å². The number of hydrogen-bond donors (Lipinski definition) is 0. The summed E-state index contributed by atoms with van der Waals surface area (Å²) in [7, 11) is -3.42. The lowest BCUT2D eigenvalue weighted by Gasteiger charge is -2.25. The maximum absolute atomic E-state index is 12.8. The van der Waals surface area contributed by atoms with E-state index < -0.39 is 10.0 Å². The fraction of sp³-hybridized carbons (Fsp3) is 0.750. The van der Waals surface area contributed by atoms with Crippen LogP contribution in [0.4, 0.5) is 0 Å².